The molecule has 0 aliphatic heterocycles. The van der Waals surface area contributed by atoms with Gasteiger partial charge in [0.05, 0.1) is 6.04 Å². The fraction of sp³-hybridized carbons (Fsp3) is 0.364. The van der Waals surface area contributed by atoms with E-state index in [2.05, 4.69) is 15.5 Å². The summed E-state index contributed by atoms with van der Waals surface area (Å²) < 4.78 is 1.84. The van der Waals surface area contributed by atoms with E-state index in [4.69, 9.17) is 11.6 Å². The quantitative estimate of drug-likeness (QED) is 0.843. The zero-order valence-corrected chi connectivity index (χ0v) is 10.3. The topological polar surface area (TPSA) is 59.3 Å². The molecule has 0 saturated heterocycles. The van der Waals surface area contributed by atoms with Crippen LogP contribution in [0.1, 0.15) is 25.7 Å². The molecule has 17 heavy (non-hydrogen) atoms. The number of amides is 1. The lowest BCUT2D eigenvalue weighted by atomic mass is 10.3. The van der Waals surface area contributed by atoms with Crippen LogP contribution in [0.3, 0.4) is 0 Å². The Balaban J connectivity index is 2.25. The van der Waals surface area contributed by atoms with Gasteiger partial charge in [-0.3, -0.25) is 9.20 Å². The predicted molar refractivity (Wildman–Crippen MR) is 64.9 cm³/mol. The van der Waals surface area contributed by atoms with Gasteiger partial charge in [-0.1, -0.05) is 6.07 Å². The van der Waals surface area contributed by atoms with E-state index in [1.165, 1.54) is 0 Å². The zero-order chi connectivity index (χ0) is 12.4. The van der Waals surface area contributed by atoms with Crippen molar-refractivity contribution in [2.24, 2.45) is 0 Å². The standard InChI is InChI=1S/C11H13ClN4O/c1-7(12)11(17)13-8(2)10-15-14-9-5-3-4-6-16(9)10/h3-8H,1-2H3,(H,13,17). The second kappa shape index (κ2) is 4.71. The maximum atomic E-state index is 11.5. The lowest BCUT2D eigenvalue weighted by molar-refractivity contribution is -0.121. The molecule has 0 aromatic carbocycles. The number of carbonyl (C=O) groups is 1. The number of hydrogen-bond donors (Lipinski definition) is 1. The summed E-state index contributed by atoms with van der Waals surface area (Å²) in [5.41, 5.74) is 0.752. The molecule has 5 nitrogen and oxygen atoms in total. The van der Waals surface area contributed by atoms with Gasteiger partial charge < -0.3 is 5.32 Å². The Hall–Kier alpha value is -1.62. The number of fused-ring (bicyclic) bond motifs is 1. The van der Waals surface area contributed by atoms with Gasteiger partial charge in [0, 0.05) is 6.20 Å². The minimum Gasteiger partial charge on any atom is -0.345 e. The first-order valence-corrected chi connectivity index (χ1v) is 5.77. The first-order valence-electron chi connectivity index (χ1n) is 5.33. The molecular formula is C11H13ClN4O. The van der Waals surface area contributed by atoms with Crippen molar-refractivity contribution in [2.75, 3.05) is 0 Å². The monoisotopic (exact) mass is 252 g/mol. The summed E-state index contributed by atoms with van der Waals surface area (Å²) in [6.45, 7) is 3.48. The Morgan fingerprint density at radius 2 is 2.18 bits per heavy atom. The van der Waals surface area contributed by atoms with Crippen LogP contribution < -0.4 is 5.32 Å². The van der Waals surface area contributed by atoms with Crippen molar-refractivity contribution in [3.8, 4) is 0 Å². The molecule has 1 amide bonds. The van der Waals surface area contributed by atoms with E-state index in [-0.39, 0.29) is 11.9 Å². The van der Waals surface area contributed by atoms with Crippen LogP contribution in [0.5, 0.6) is 0 Å². The van der Waals surface area contributed by atoms with Crippen molar-refractivity contribution < 1.29 is 4.79 Å². The van der Waals surface area contributed by atoms with Crippen LogP contribution in [0.4, 0.5) is 0 Å². The zero-order valence-electron chi connectivity index (χ0n) is 9.59. The molecule has 2 heterocycles. The van der Waals surface area contributed by atoms with Crippen molar-refractivity contribution in [2.45, 2.75) is 25.3 Å². The summed E-state index contributed by atoms with van der Waals surface area (Å²) in [5, 5.41) is 10.3. The highest BCUT2D eigenvalue weighted by atomic mass is 35.5. The first kappa shape index (κ1) is 11.9. The predicted octanol–water partition coefficient (Wildman–Crippen LogP) is 1.53. The molecule has 0 aliphatic carbocycles. The average Bonchev–Trinajstić information content (AvgIpc) is 2.72. The Kier molecular flexibility index (Phi) is 3.28. The Morgan fingerprint density at radius 3 is 2.88 bits per heavy atom. The molecule has 0 bridgehead atoms. The van der Waals surface area contributed by atoms with Gasteiger partial charge in [0.15, 0.2) is 11.5 Å². The second-order valence-electron chi connectivity index (χ2n) is 3.83. The van der Waals surface area contributed by atoms with Crippen molar-refractivity contribution in [3.05, 3.63) is 30.2 Å². The largest absolute Gasteiger partial charge is 0.345 e. The third-order valence-corrected chi connectivity index (χ3v) is 2.65. The van der Waals surface area contributed by atoms with E-state index in [0.29, 0.717) is 5.82 Å². The van der Waals surface area contributed by atoms with Crippen LogP contribution in [0.15, 0.2) is 24.4 Å². The van der Waals surface area contributed by atoms with E-state index in [9.17, 15) is 4.79 Å². The lowest BCUT2D eigenvalue weighted by Crippen LogP contribution is -2.32. The summed E-state index contributed by atoms with van der Waals surface area (Å²) in [6, 6.07) is 5.40. The molecular weight excluding hydrogens is 240 g/mol. The van der Waals surface area contributed by atoms with Crippen LogP contribution in [0.2, 0.25) is 0 Å². The number of rotatable bonds is 3. The lowest BCUT2D eigenvalue weighted by Gasteiger charge is -2.13. The number of nitrogens with zero attached hydrogens (tertiary/aromatic N) is 3. The van der Waals surface area contributed by atoms with Crippen LogP contribution in [0.25, 0.3) is 5.65 Å². The second-order valence-corrected chi connectivity index (χ2v) is 4.49. The molecule has 1 N–H and O–H groups in total. The van der Waals surface area contributed by atoms with E-state index >= 15 is 0 Å². The van der Waals surface area contributed by atoms with Gasteiger partial charge in [-0.25, -0.2) is 0 Å². The summed E-state index contributed by atoms with van der Waals surface area (Å²) in [5.74, 6) is 0.470. The Labute approximate surface area is 104 Å². The summed E-state index contributed by atoms with van der Waals surface area (Å²) in [7, 11) is 0. The number of nitrogens with one attached hydrogen (secondary N) is 1. The number of pyridine rings is 1. The summed E-state index contributed by atoms with van der Waals surface area (Å²) in [4.78, 5) is 11.5. The van der Waals surface area contributed by atoms with Gasteiger partial charge in [-0.05, 0) is 26.0 Å². The fourth-order valence-electron chi connectivity index (χ4n) is 1.55. The van der Waals surface area contributed by atoms with Crippen LogP contribution in [0, 0.1) is 0 Å². The minimum atomic E-state index is -0.559. The minimum absolute atomic E-state index is 0.216. The first-order chi connectivity index (χ1) is 8.09. The smallest absolute Gasteiger partial charge is 0.238 e. The molecule has 6 heteroatoms. The molecule has 2 rings (SSSR count). The van der Waals surface area contributed by atoms with E-state index in [0.717, 1.165) is 5.65 Å². The van der Waals surface area contributed by atoms with Crippen molar-refractivity contribution in [3.63, 3.8) is 0 Å². The van der Waals surface area contributed by atoms with Gasteiger partial charge in [-0.2, -0.15) is 0 Å². The van der Waals surface area contributed by atoms with Gasteiger partial charge in [0.1, 0.15) is 5.38 Å². The number of halogens is 1. The van der Waals surface area contributed by atoms with E-state index < -0.39 is 5.38 Å². The highest BCUT2D eigenvalue weighted by Gasteiger charge is 2.17. The fourth-order valence-corrected chi connectivity index (χ4v) is 1.61. The molecule has 2 aromatic rings. The van der Waals surface area contributed by atoms with Gasteiger partial charge >= 0.3 is 0 Å². The molecule has 0 radical (unpaired) electrons. The third kappa shape index (κ3) is 2.39. The highest BCUT2D eigenvalue weighted by molar-refractivity contribution is 6.30. The third-order valence-electron chi connectivity index (χ3n) is 2.45. The number of aromatic nitrogens is 3. The molecule has 2 aromatic heterocycles. The number of hydrogen-bond acceptors (Lipinski definition) is 3. The van der Waals surface area contributed by atoms with Crippen LogP contribution in [-0.4, -0.2) is 25.9 Å². The van der Waals surface area contributed by atoms with Gasteiger partial charge in [0.2, 0.25) is 5.91 Å². The van der Waals surface area contributed by atoms with Gasteiger partial charge in [-0.15, -0.1) is 21.8 Å². The van der Waals surface area contributed by atoms with E-state index in [1.54, 1.807) is 6.92 Å². The molecule has 0 fully saturated rings. The van der Waals surface area contributed by atoms with Crippen molar-refractivity contribution in [1.82, 2.24) is 19.9 Å². The molecule has 0 aliphatic rings. The van der Waals surface area contributed by atoms with Crippen LogP contribution in [-0.2, 0) is 4.79 Å². The SMILES string of the molecule is CC(Cl)C(=O)NC(C)c1nnc2ccccn12. The molecule has 0 saturated carbocycles. The Bertz CT molecular complexity index is 537. The molecule has 0 spiro atoms. The molecule has 2 unspecified atom stereocenters. The number of alkyl halides is 1. The molecule has 2 atom stereocenters. The maximum Gasteiger partial charge on any atom is 0.238 e. The Morgan fingerprint density at radius 1 is 1.41 bits per heavy atom. The van der Waals surface area contributed by atoms with Crippen molar-refractivity contribution in [1.29, 1.82) is 0 Å². The molecule has 90 valence electrons. The highest BCUT2D eigenvalue weighted by Crippen LogP contribution is 2.12. The van der Waals surface area contributed by atoms with Gasteiger partial charge in [0.25, 0.3) is 0 Å². The average molecular weight is 253 g/mol. The van der Waals surface area contributed by atoms with Crippen molar-refractivity contribution >= 4 is 23.2 Å². The van der Waals surface area contributed by atoms with E-state index in [1.807, 2.05) is 35.7 Å². The van der Waals surface area contributed by atoms with Crippen LogP contribution >= 0.6 is 11.6 Å². The normalized spacial score (nSPS) is 14.5. The summed E-state index contributed by atoms with van der Waals surface area (Å²) >= 11 is 5.70. The summed E-state index contributed by atoms with van der Waals surface area (Å²) in [6.07, 6.45) is 1.86. The number of carbonyl (C=O) groups excluding carboxylic acids is 1. The maximum absolute atomic E-state index is 11.5.